The molecule has 1 aromatic rings. The highest BCUT2D eigenvalue weighted by atomic mass is 16.5. The van der Waals surface area contributed by atoms with Crippen LogP contribution in [0.5, 0.6) is 0 Å². The molecule has 0 aromatic carbocycles. The Bertz CT molecular complexity index is 595. The Morgan fingerprint density at radius 3 is 2.39 bits per heavy atom. The van der Waals surface area contributed by atoms with E-state index in [9.17, 15) is 9.59 Å². The van der Waals surface area contributed by atoms with Gasteiger partial charge in [0, 0.05) is 44.9 Å². The van der Waals surface area contributed by atoms with Crippen LogP contribution in [0.15, 0.2) is 10.7 Å². The van der Waals surface area contributed by atoms with Crippen LogP contribution in [0.3, 0.4) is 0 Å². The number of carbonyl (C=O) groups excluding carboxylic acids is 2. The van der Waals surface area contributed by atoms with Crippen molar-refractivity contribution in [2.45, 2.75) is 54.0 Å². The molecule has 0 unspecified atom stereocenters. The van der Waals surface area contributed by atoms with Gasteiger partial charge in [-0.2, -0.15) is 0 Å². The van der Waals surface area contributed by atoms with Crippen LogP contribution >= 0.6 is 0 Å². The van der Waals surface area contributed by atoms with Crippen LogP contribution in [0.25, 0.3) is 0 Å². The first-order chi connectivity index (χ1) is 13.3. The highest BCUT2D eigenvalue weighted by Crippen LogP contribution is 2.19. The summed E-state index contributed by atoms with van der Waals surface area (Å²) in [4.78, 5) is 30.8. The SMILES string of the molecule is CCOCCCNC(=O)c1coc(CN(CCCOCC)C(=O)C(C)(C)C)n1. The van der Waals surface area contributed by atoms with Gasteiger partial charge in [0.05, 0.1) is 6.54 Å². The number of nitrogens with zero attached hydrogens (tertiary/aromatic N) is 2. The summed E-state index contributed by atoms with van der Waals surface area (Å²) in [5, 5.41) is 2.78. The Hall–Kier alpha value is -1.93. The summed E-state index contributed by atoms with van der Waals surface area (Å²) in [6.45, 7) is 13.3. The molecule has 0 saturated heterocycles. The van der Waals surface area contributed by atoms with Gasteiger partial charge >= 0.3 is 0 Å². The molecule has 0 saturated carbocycles. The molecule has 0 aliphatic heterocycles. The summed E-state index contributed by atoms with van der Waals surface area (Å²) in [6, 6.07) is 0. The summed E-state index contributed by atoms with van der Waals surface area (Å²) in [5.74, 6) is 0.0501. The van der Waals surface area contributed by atoms with Crippen molar-refractivity contribution < 1.29 is 23.5 Å². The summed E-state index contributed by atoms with van der Waals surface area (Å²) >= 11 is 0. The number of carbonyl (C=O) groups is 2. The van der Waals surface area contributed by atoms with Crippen LogP contribution in [0.4, 0.5) is 0 Å². The molecule has 8 heteroatoms. The average molecular weight is 398 g/mol. The number of nitrogens with one attached hydrogen (secondary N) is 1. The zero-order chi connectivity index (χ0) is 21.0. The molecule has 0 fully saturated rings. The second-order valence-corrected chi connectivity index (χ2v) is 7.46. The quantitative estimate of drug-likeness (QED) is 0.514. The van der Waals surface area contributed by atoms with Gasteiger partial charge in [0.2, 0.25) is 11.8 Å². The van der Waals surface area contributed by atoms with E-state index in [-0.39, 0.29) is 24.1 Å². The highest BCUT2D eigenvalue weighted by Gasteiger charge is 2.28. The van der Waals surface area contributed by atoms with Crippen LogP contribution in [0, 0.1) is 5.41 Å². The van der Waals surface area contributed by atoms with Crippen molar-refractivity contribution in [3.63, 3.8) is 0 Å². The van der Waals surface area contributed by atoms with Gasteiger partial charge in [-0.15, -0.1) is 0 Å². The van der Waals surface area contributed by atoms with E-state index in [1.807, 2.05) is 34.6 Å². The predicted octanol–water partition coefficient (Wildman–Crippen LogP) is 2.63. The third-order valence-electron chi connectivity index (χ3n) is 3.92. The molecule has 1 rings (SSSR count). The number of hydrogen-bond donors (Lipinski definition) is 1. The zero-order valence-electron chi connectivity index (χ0n) is 17.9. The van der Waals surface area contributed by atoms with Gasteiger partial charge in [-0.05, 0) is 26.7 Å². The lowest BCUT2D eigenvalue weighted by molar-refractivity contribution is -0.140. The Morgan fingerprint density at radius 1 is 1.14 bits per heavy atom. The molecule has 1 heterocycles. The Labute approximate surface area is 168 Å². The van der Waals surface area contributed by atoms with Crippen LogP contribution in [-0.2, 0) is 20.8 Å². The number of ether oxygens (including phenoxy) is 2. The lowest BCUT2D eigenvalue weighted by Gasteiger charge is -2.28. The number of amides is 2. The molecule has 0 bridgehead atoms. The van der Waals surface area contributed by atoms with E-state index in [4.69, 9.17) is 13.9 Å². The van der Waals surface area contributed by atoms with Gasteiger partial charge < -0.3 is 24.1 Å². The van der Waals surface area contributed by atoms with Gasteiger partial charge in [-0.25, -0.2) is 4.98 Å². The summed E-state index contributed by atoms with van der Waals surface area (Å²) < 4.78 is 16.0. The maximum atomic E-state index is 12.7. The smallest absolute Gasteiger partial charge is 0.273 e. The topological polar surface area (TPSA) is 93.9 Å². The van der Waals surface area contributed by atoms with Crippen molar-refractivity contribution in [3.8, 4) is 0 Å². The molecule has 2 amide bonds. The summed E-state index contributed by atoms with van der Waals surface area (Å²) in [5.41, 5.74) is -0.303. The molecule has 0 aliphatic rings. The second kappa shape index (κ2) is 12.5. The van der Waals surface area contributed by atoms with Gasteiger partial charge in [0.25, 0.3) is 5.91 Å². The van der Waals surface area contributed by atoms with Crippen LogP contribution < -0.4 is 5.32 Å². The van der Waals surface area contributed by atoms with Crippen molar-refractivity contribution >= 4 is 11.8 Å². The molecular weight excluding hydrogens is 362 g/mol. The molecule has 8 nitrogen and oxygen atoms in total. The maximum Gasteiger partial charge on any atom is 0.273 e. The minimum atomic E-state index is -0.515. The minimum Gasteiger partial charge on any atom is -0.446 e. The first-order valence-corrected chi connectivity index (χ1v) is 9.97. The lowest BCUT2D eigenvalue weighted by atomic mass is 9.94. The highest BCUT2D eigenvalue weighted by molar-refractivity contribution is 5.91. The Kier molecular flexibility index (Phi) is 10.8. The Balaban J connectivity index is 2.63. The third kappa shape index (κ3) is 8.84. The van der Waals surface area contributed by atoms with Crippen LogP contribution in [0.1, 0.15) is 63.8 Å². The van der Waals surface area contributed by atoms with E-state index in [1.54, 1.807) is 4.90 Å². The fraction of sp³-hybridized carbons (Fsp3) is 0.750. The number of hydrogen-bond acceptors (Lipinski definition) is 6. The van der Waals surface area contributed by atoms with E-state index < -0.39 is 5.41 Å². The molecule has 1 aromatic heterocycles. The van der Waals surface area contributed by atoms with E-state index >= 15 is 0 Å². The van der Waals surface area contributed by atoms with Crippen molar-refractivity contribution in [3.05, 3.63) is 17.8 Å². The second-order valence-electron chi connectivity index (χ2n) is 7.46. The Morgan fingerprint density at radius 2 is 1.79 bits per heavy atom. The van der Waals surface area contributed by atoms with E-state index in [0.29, 0.717) is 45.4 Å². The lowest BCUT2D eigenvalue weighted by Crippen LogP contribution is -2.40. The van der Waals surface area contributed by atoms with Gasteiger partial charge in [0.15, 0.2) is 5.69 Å². The predicted molar refractivity (Wildman–Crippen MR) is 106 cm³/mol. The van der Waals surface area contributed by atoms with Crippen LogP contribution in [-0.4, -0.2) is 61.2 Å². The van der Waals surface area contributed by atoms with Crippen molar-refractivity contribution in [2.24, 2.45) is 5.41 Å². The third-order valence-corrected chi connectivity index (χ3v) is 3.92. The number of aromatic nitrogens is 1. The molecular formula is C20H35N3O5. The van der Waals surface area contributed by atoms with Gasteiger partial charge in [-0.1, -0.05) is 20.8 Å². The monoisotopic (exact) mass is 397 g/mol. The van der Waals surface area contributed by atoms with E-state index in [2.05, 4.69) is 10.3 Å². The van der Waals surface area contributed by atoms with Crippen LogP contribution in [0.2, 0.25) is 0 Å². The fourth-order valence-corrected chi connectivity index (χ4v) is 2.49. The normalized spacial score (nSPS) is 11.5. The molecule has 28 heavy (non-hydrogen) atoms. The standard InChI is InChI=1S/C20H35N3O5/c1-6-26-12-8-10-21-18(24)16-15-28-17(22-16)14-23(11-9-13-27-7-2)19(25)20(3,4)5/h15H,6-14H2,1-5H3,(H,21,24). The average Bonchev–Trinajstić information content (AvgIpc) is 3.11. The summed E-state index contributed by atoms with van der Waals surface area (Å²) in [6.07, 6.45) is 2.79. The van der Waals surface area contributed by atoms with Gasteiger partial charge in [0.1, 0.15) is 6.26 Å². The first kappa shape index (κ1) is 24.1. The molecule has 0 spiro atoms. The van der Waals surface area contributed by atoms with Crippen molar-refractivity contribution in [1.82, 2.24) is 15.2 Å². The number of rotatable bonds is 13. The molecule has 1 N–H and O–H groups in total. The molecule has 0 atom stereocenters. The minimum absolute atomic E-state index is 0.00382. The molecule has 0 radical (unpaired) electrons. The maximum absolute atomic E-state index is 12.7. The van der Waals surface area contributed by atoms with E-state index in [1.165, 1.54) is 6.26 Å². The zero-order valence-corrected chi connectivity index (χ0v) is 17.9. The number of oxazole rings is 1. The largest absolute Gasteiger partial charge is 0.446 e. The molecule has 160 valence electrons. The summed E-state index contributed by atoms with van der Waals surface area (Å²) in [7, 11) is 0. The van der Waals surface area contributed by atoms with Crippen molar-refractivity contribution in [1.29, 1.82) is 0 Å². The first-order valence-electron chi connectivity index (χ1n) is 9.97. The fourth-order valence-electron chi connectivity index (χ4n) is 2.49. The van der Waals surface area contributed by atoms with Crippen molar-refractivity contribution in [2.75, 3.05) is 39.5 Å². The van der Waals surface area contributed by atoms with Gasteiger partial charge in [-0.3, -0.25) is 9.59 Å². The van der Waals surface area contributed by atoms with E-state index in [0.717, 1.165) is 12.8 Å². The molecule has 0 aliphatic carbocycles.